The van der Waals surface area contributed by atoms with Gasteiger partial charge in [-0.1, -0.05) is 49.1 Å². The van der Waals surface area contributed by atoms with Crippen LogP contribution in [0.4, 0.5) is 0 Å². The Morgan fingerprint density at radius 1 is 1.19 bits per heavy atom. The largest absolute Gasteiger partial charge is 0.478 e. The van der Waals surface area contributed by atoms with Crippen molar-refractivity contribution in [2.75, 3.05) is 6.61 Å². The predicted molar refractivity (Wildman–Crippen MR) is 83.7 cm³/mol. The predicted octanol–water partition coefficient (Wildman–Crippen LogP) is 3.47. The molecule has 4 nitrogen and oxygen atoms in total. The molecule has 0 unspecified atom stereocenters. The maximum Gasteiger partial charge on any atom is 0.337 e. The summed E-state index contributed by atoms with van der Waals surface area (Å²) in [4.78, 5) is 20.8. The van der Waals surface area contributed by atoms with E-state index in [1.807, 2.05) is 25.1 Å². The van der Waals surface area contributed by atoms with Crippen LogP contribution in [0, 0.1) is 0 Å². The van der Waals surface area contributed by atoms with Gasteiger partial charge < -0.3 is 9.84 Å². The Bertz CT molecular complexity index is 527. The van der Waals surface area contributed by atoms with Gasteiger partial charge in [-0.05, 0) is 25.5 Å². The van der Waals surface area contributed by atoms with Crippen molar-refractivity contribution >= 4 is 17.5 Å². The van der Waals surface area contributed by atoms with Crippen molar-refractivity contribution in [2.45, 2.75) is 13.8 Å². The second-order valence-electron chi connectivity index (χ2n) is 4.06. The Morgan fingerprint density at radius 2 is 1.76 bits per heavy atom. The van der Waals surface area contributed by atoms with Gasteiger partial charge in [-0.3, -0.25) is 0 Å². The Morgan fingerprint density at radius 3 is 2.14 bits per heavy atom. The third-order valence-electron chi connectivity index (χ3n) is 2.23. The van der Waals surface area contributed by atoms with Crippen LogP contribution in [-0.4, -0.2) is 23.7 Å². The second-order valence-corrected chi connectivity index (χ2v) is 4.06. The van der Waals surface area contributed by atoms with Crippen molar-refractivity contribution in [1.82, 2.24) is 0 Å². The summed E-state index contributed by atoms with van der Waals surface area (Å²) in [7, 11) is 0. The number of esters is 1. The molecule has 0 bridgehead atoms. The molecule has 0 radical (unpaired) electrons. The van der Waals surface area contributed by atoms with E-state index in [0.717, 1.165) is 17.7 Å². The van der Waals surface area contributed by atoms with Crippen LogP contribution >= 0.6 is 0 Å². The number of ether oxygens (including phenoxy) is 1. The lowest BCUT2D eigenvalue weighted by atomic mass is 10.1. The second kappa shape index (κ2) is 10.2. The quantitative estimate of drug-likeness (QED) is 0.512. The first-order valence-electron chi connectivity index (χ1n) is 6.36. The van der Waals surface area contributed by atoms with Crippen molar-refractivity contribution in [3.63, 3.8) is 0 Å². The molecule has 1 rings (SSSR count). The molecular formula is C17H20O4. The highest BCUT2D eigenvalue weighted by molar-refractivity contribution is 5.93. The van der Waals surface area contributed by atoms with Crippen LogP contribution < -0.4 is 0 Å². The summed E-state index contributed by atoms with van der Waals surface area (Å²) in [6.45, 7) is 11.1. The Balaban J connectivity index is 0.000000394. The van der Waals surface area contributed by atoms with Gasteiger partial charge in [0.15, 0.2) is 0 Å². The lowest BCUT2D eigenvalue weighted by Crippen LogP contribution is -2.05. The molecule has 0 aliphatic heterocycles. The maximum absolute atomic E-state index is 10.8. The van der Waals surface area contributed by atoms with Gasteiger partial charge in [-0.2, -0.15) is 0 Å². The van der Waals surface area contributed by atoms with E-state index in [0.29, 0.717) is 0 Å². The van der Waals surface area contributed by atoms with E-state index >= 15 is 0 Å². The molecule has 0 aliphatic carbocycles. The standard InChI is InChI=1S/C9H10.C8H10O4/c1-8(2)9-6-4-3-5-7-9;1-3-12-8(11)6(2)4-5-7(9)10/h3-7H,1H2,2H3;4-5H,2-3H2,1H3,(H,9,10). The van der Waals surface area contributed by atoms with Crippen LogP contribution in [0.25, 0.3) is 5.57 Å². The number of carbonyl (C=O) groups excluding carboxylic acids is 1. The highest BCUT2D eigenvalue weighted by atomic mass is 16.5. The fraction of sp³-hybridized carbons (Fsp3) is 0.176. The minimum absolute atomic E-state index is 0.0271. The zero-order valence-electron chi connectivity index (χ0n) is 12.3. The molecule has 0 amide bonds. The van der Waals surface area contributed by atoms with Gasteiger partial charge in [0.2, 0.25) is 0 Å². The molecule has 0 saturated carbocycles. The molecule has 112 valence electrons. The lowest BCUT2D eigenvalue weighted by Gasteiger charge is -1.98. The van der Waals surface area contributed by atoms with E-state index in [4.69, 9.17) is 5.11 Å². The highest BCUT2D eigenvalue weighted by Crippen LogP contribution is 2.08. The van der Waals surface area contributed by atoms with Crippen molar-refractivity contribution in [1.29, 1.82) is 0 Å². The van der Waals surface area contributed by atoms with Crippen molar-refractivity contribution < 1.29 is 19.4 Å². The van der Waals surface area contributed by atoms with E-state index < -0.39 is 11.9 Å². The van der Waals surface area contributed by atoms with Gasteiger partial charge in [0, 0.05) is 6.08 Å². The van der Waals surface area contributed by atoms with Crippen molar-refractivity contribution in [3.05, 3.63) is 66.8 Å². The van der Waals surface area contributed by atoms with Crippen LogP contribution in [0.5, 0.6) is 0 Å². The normalized spacial score (nSPS) is 9.43. The number of rotatable bonds is 5. The van der Waals surface area contributed by atoms with Crippen LogP contribution in [-0.2, 0) is 14.3 Å². The number of carboxylic acids is 1. The topological polar surface area (TPSA) is 63.6 Å². The smallest absolute Gasteiger partial charge is 0.337 e. The van der Waals surface area contributed by atoms with E-state index in [1.165, 1.54) is 5.56 Å². The minimum atomic E-state index is -1.12. The minimum Gasteiger partial charge on any atom is -0.478 e. The fourth-order valence-electron chi connectivity index (χ4n) is 1.19. The molecular weight excluding hydrogens is 268 g/mol. The SMILES string of the molecule is C=C(C)c1ccccc1.C=C(C=CC(=O)O)C(=O)OCC. The number of carbonyl (C=O) groups is 2. The van der Waals surface area contributed by atoms with Gasteiger partial charge in [-0.25, -0.2) is 9.59 Å². The number of hydrogen-bond acceptors (Lipinski definition) is 3. The Kier molecular flexibility index (Phi) is 8.93. The number of benzene rings is 1. The Hall–Kier alpha value is -2.62. The van der Waals surface area contributed by atoms with Crippen molar-refractivity contribution in [2.24, 2.45) is 0 Å². The molecule has 0 heterocycles. The third-order valence-corrected chi connectivity index (χ3v) is 2.23. The summed E-state index contributed by atoms with van der Waals surface area (Å²) in [5.74, 6) is -1.73. The summed E-state index contributed by atoms with van der Waals surface area (Å²) < 4.78 is 4.55. The number of carboxylic acid groups (broad SMARTS) is 1. The highest BCUT2D eigenvalue weighted by Gasteiger charge is 2.03. The molecule has 1 N–H and O–H groups in total. The first-order chi connectivity index (χ1) is 9.88. The monoisotopic (exact) mass is 288 g/mol. The van der Waals surface area contributed by atoms with E-state index in [-0.39, 0.29) is 12.2 Å². The molecule has 21 heavy (non-hydrogen) atoms. The van der Waals surface area contributed by atoms with E-state index in [2.05, 4.69) is 30.0 Å². The zero-order chi connectivity index (χ0) is 16.3. The molecule has 1 aromatic carbocycles. The number of hydrogen-bond donors (Lipinski definition) is 1. The fourth-order valence-corrected chi connectivity index (χ4v) is 1.19. The third kappa shape index (κ3) is 8.99. The summed E-state index contributed by atoms with van der Waals surface area (Å²) in [5, 5.41) is 8.19. The summed E-state index contributed by atoms with van der Waals surface area (Å²) in [6, 6.07) is 10.2. The van der Waals surface area contributed by atoms with Gasteiger partial charge in [0.25, 0.3) is 0 Å². The van der Waals surface area contributed by atoms with E-state index in [9.17, 15) is 9.59 Å². The average Bonchev–Trinajstić information content (AvgIpc) is 2.46. The molecule has 0 atom stereocenters. The van der Waals surface area contributed by atoms with Crippen molar-refractivity contribution in [3.8, 4) is 0 Å². The molecule has 0 spiro atoms. The summed E-state index contributed by atoms with van der Waals surface area (Å²) >= 11 is 0. The first-order valence-corrected chi connectivity index (χ1v) is 6.36. The molecule has 0 saturated heterocycles. The Labute approximate surface area is 125 Å². The van der Waals surface area contributed by atoms with Gasteiger partial charge in [0.05, 0.1) is 12.2 Å². The summed E-state index contributed by atoms with van der Waals surface area (Å²) in [5.41, 5.74) is 2.37. The number of allylic oxidation sites excluding steroid dienone is 1. The zero-order valence-corrected chi connectivity index (χ0v) is 12.3. The van der Waals surface area contributed by atoms with Gasteiger partial charge >= 0.3 is 11.9 Å². The molecule has 0 aliphatic rings. The average molecular weight is 288 g/mol. The van der Waals surface area contributed by atoms with Crippen LogP contribution in [0.2, 0.25) is 0 Å². The first kappa shape index (κ1) is 18.4. The van der Waals surface area contributed by atoms with Crippen LogP contribution in [0.15, 0.2) is 61.2 Å². The van der Waals surface area contributed by atoms with Crippen LogP contribution in [0.1, 0.15) is 19.4 Å². The lowest BCUT2D eigenvalue weighted by molar-refractivity contribution is -0.138. The molecule has 0 fully saturated rings. The molecule has 0 aromatic heterocycles. The number of aliphatic carboxylic acids is 1. The molecule has 1 aromatic rings. The molecule has 4 heteroatoms. The summed E-state index contributed by atoms with van der Waals surface area (Å²) in [6.07, 6.45) is 1.93. The van der Waals surface area contributed by atoms with Crippen LogP contribution in [0.3, 0.4) is 0 Å². The van der Waals surface area contributed by atoms with E-state index in [1.54, 1.807) is 6.92 Å². The van der Waals surface area contributed by atoms with Gasteiger partial charge in [-0.15, -0.1) is 0 Å². The maximum atomic E-state index is 10.8. The van der Waals surface area contributed by atoms with Gasteiger partial charge in [0.1, 0.15) is 0 Å².